The summed E-state index contributed by atoms with van der Waals surface area (Å²) in [4.78, 5) is 1.81. The number of nitrogens with zero attached hydrogens (tertiary/aromatic N) is 3. The fourth-order valence-corrected chi connectivity index (χ4v) is 3.49. The monoisotopic (exact) mass is 323 g/mol. The van der Waals surface area contributed by atoms with E-state index in [2.05, 4.69) is 79.7 Å². The summed E-state index contributed by atoms with van der Waals surface area (Å²) in [6.07, 6.45) is 0. The fourth-order valence-electron chi connectivity index (χ4n) is 3.49. The fraction of sp³-hybridized carbons (Fsp3) is 0.0909. The Labute approximate surface area is 145 Å². The lowest BCUT2D eigenvalue weighted by atomic mass is 10.0. The molecular formula is C22H17N3. The molecular weight excluding hydrogens is 306 g/mol. The van der Waals surface area contributed by atoms with Gasteiger partial charge in [-0.3, -0.25) is 0 Å². The van der Waals surface area contributed by atoms with E-state index in [1.807, 2.05) is 4.80 Å². The molecule has 120 valence electrons. The SMILES string of the molecule is Cc1ccc(Cn2nc3c4ccccc4c4ccccc4c3n2)cc1. The van der Waals surface area contributed by atoms with Gasteiger partial charge >= 0.3 is 0 Å². The number of benzene rings is 4. The topological polar surface area (TPSA) is 30.7 Å². The number of fused-ring (bicyclic) bond motifs is 6. The van der Waals surface area contributed by atoms with Gasteiger partial charge < -0.3 is 0 Å². The van der Waals surface area contributed by atoms with Gasteiger partial charge in [0.15, 0.2) is 0 Å². The number of aryl methyl sites for hydroxylation is 1. The van der Waals surface area contributed by atoms with Crippen LogP contribution in [-0.2, 0) is 6.54 Å². The third kappa shape index (κ3) is 2.28. The number of hydrogen-bond acceptors (Lipinski definition) is 2. The Hall–Kier alpha value is -3.20. The van der Waals surface area contributed by atoms with Gasteiger partial charge in [0.2, 0.25) is 0 Å². The predicted octanol–water partition coefficient (Wildman–Crippen LogP) is 5.09. The highest BCUT2D eigenvalue weighted by molar-refractivity contribution is 6.22. The molecule has 0 aliphatic heterocycles. The average molecular weight is 323 g/mol. The van der Waals surface area contributed by atoms with Gasteiger partial charge in [-0.25, -0.2) is 0 Å². The molecule has 0 N–H and O–H groups in total. The molecule has 0 aliphatic carbocycles. The minimum absolute atomic E-state index is 0.678. The first-order chi connectivity index (χ1) is 12.3. The molecule has 25 heavy (non-hydrogen) atoms. The molecule has 3 nitrogen and oxygen atoms in total. The number of hydrogen-bond donors (Lipinski definition) is 0. The predicted molar refractivity (Wildman–Crippen MR) is 103 cm³/mol. The van der Waals surface area contributed by atoms with Gasteiger partial charge in [0, 0.05) is 10.8 Å². The zero-order chi connectivity index (χ0) is 16.8. The quantitative estimate of drug-likeness (QED) is 0.423. The summed E-state index contributed by atoms with van der Waals surface area (Å²) in [5, 5.41) is 14.4. The van der Waals surface area contributed by atoms with E-state index < -0.39 is 0 Å². The lowest BCUT2D eigenvalue weighted by molar-refractivity contribution is 0.601. The maximum absolute atomic E-state index is 4.81. The zero-order valence-corrected chi connectivity index (χ0v) is 14.0. The molecule has 5 aromatic rings. The third-order valence-corrected chi connectivity index (χ3v) is 4.75. The Morgan fingerprint density at radius 3 is 1.64 bits per heavy atom. The van der Waals surface area contributed by atoms with Crippen LogP contribution in [0.1, 0.15) is 11.1 Å². The Morgan fingerprint density at radius 1 is 0.640 bits per heavy atom. The second-order valence-corrected chi connectivity index (χ2v) is 6.50. The third-order valence-electron chi connectivity index (χ3n) is 4.75. The van der Waals surface area contributed by atoms with Crippen molar-refractivity contribution in [3.63, 3.8) is 0 Å². The summed E-state index contributed by atoms with van der Waals surface area (Å²) in [6.45, 7) is 2.78. The number of aromatic nitrogens is 3. The Kier molecular flexibility index (Phi) is 3.07. The van der Waals surface area contributed by atoms with E-state index in [0.717, 1.165) is 21.8 Å². The van der Waals surface area contributed by atoms with Crippen LogP contribution in [0.4, 0.5) is 0 Å². The van der Waals surface area contributed by atoms with E-state index in [9.17, 15) is 0 Å². The summed E-state index contributed by atoms with van der Waals surface area (Å²) >= 11 is 0. The molecule has 1 heterocycles. The van der Waals surface area contributed by atoms with Crippen LogP contribution in [0.25, 0.3) is 32.6 Å². The van der Waals surface area contributed by atoms with Crippen molar-refractivity contribution in [2.75, 3.05) is 0 Å². The normalized spacial score (nSPS) is 11.6. The number of rotatable bonds is 2. The molecule has 0 aliphatic rings. The second kappa shape index (κ2) is 5.42. The molecule has 0 amide bonds. The first kappa shape index (κ1) is 14.2. The van der Waals surface area contributed by atoms with Crippen LogP contribution < -0.4 is 0 Å². The Morgan fingerprint density at radius 2 is 1.12 bits per heavy atom. The summed E-state index contributed by atoms with van der Waals surface area (Å²) in [7, 11) is 0. The molecule has 5 rings (SSSR count). The van der Waals surface area contributed by atoms with Crippen molar-refractivity contribution in [1.82, 2.24) is 15.0 Å². The molecule has 0 bridgehead atoms. The minimum Gasteiger partial charge on any atom is -0.179 e. The first-order valence-electron chi connectivity index (χ1n) is 8.49. The zero-order valence-electron chi connectivity index (χ0n) is 14.0. The van der Waals surface area contributed by atoms with E-state index >= 15 is 0 Å². The van der Waals surface area contributed by atoms with Crippen LogP contribution in [0, 0.1) is 6.92 Å². The van der Waals surface area contributed by atoms with Crippen LogP contribution in [0.2, 0.25) is 0 Å². The maximum atomic E-state index is 4.81. The summed E-state index contributed by atoms with van der Waals surface area (Å²) in [5.41, 5.74) is 4.42. The van der Waals surface area contributed by atoms with E-state index in [0.29, 0.717) is 6.54 Å². The van der Waals surface area contributed by atoms with E-state index in [1.165, 1.54) is 21.9 Å². The first-order valence-corrected chi connectivity index (χ1v) is 8.49. The van der Waals surface area contributed by atoms with Crippen molar-refractivity contribution in [3.8, 4) is 0 Å². The van der Waals surface area contributed by atoms with Crippen LogP contribution in [0.5, 0.6) is 0 Å². The standard InChI is InChI=1S/C22H17N3/c1-15-10-12-16(13-11-15)14-25-23-21-19-8-4-2-6-17(19)18-7-3-5-9-20(18)22(21)24-25/h2-13H,14H2,1H3. The van der Waals surface area contributed by atoms with Crippen molar-refractivity contribution in [1.29, 1.82) is 0 Å². The van der Waals surface area contributed by atoms with E-state index in [4.69, 9.17) is 10.2 Å². The molecule has 0 fully saturated rings. The van der Waals surface area contributed by atoms with E-state index in [-0.39, 0.29) is 0 Å². The molecule has 0 spiro atoms. The largest absolute Gasteiger partial charge is 0.179 e. The van der Waals surface area contributed by atoms with Crippen molar-refractivity contribution in [2.45, 2.75) is 13.5 Å². The lowest BCUT2D eigenvalue weighted by Crippen LogP contribution is -2.03. The van der Waals surface area contributed by atoms with Gasteiger partial charge in [0.25, 0.3) is 0 Å². The van der Waals surface area contributed by atoms with Crippen LogP contribution >= 0.6 is 0 Å². The molecule has 0 radical (unpaired) electrons. The average Bonchev–Trinajstić information content (AvgIpc) is 3.08. The van der Waals surface area contributed by atoms with Crippen molar-refractivity contribution < 1.29 is 0 Å². The summed E-state index contributed by atoms with van der Waals surface area (Å²) in [6, 6.07) is 25.4. The van der Waals surface area contributed by atoms with Gasteiger partial charge in [0.05, 0.1) is 6.54 Å². The van der Waals surface area contributed by atoms with Crippen LogP contribution in [-0.4, -0.2) is 15.0 Å². The highest BCUT2D eigenvalue weighted by Gasteiger charge is 2.13. The van der Waals surface area contributed by atoms with Crippen molar-refractivity contribution >= 4 is 32.6 Å². The van der Waals surface area contributed by atoms with Crippen LogP contribution in [0.3, 0.4) is 0 Å². The highest BCUT2D eigenvalue weighted by Crippen LogP contribution is 2.32. The maximum Gasteiger partial charge on any atom is 0.121 e. The van der Waals surface area contributed by atoms with E-state index in [1.54, 1.807) is 0 Å². The van der Waals surface area contributed by atoms with Gasteiger partial charge in [0.1, 0.15) is 11.0 Å². The molecule has 0 saturated carbocycles. The smallest absolute Gasteiger partial charge is 0.121 e. The van der Waals surface area contributed by atoms with Gasteiger partial charge in [-0.15, -0.1) is 0 Å². The molecule has 3 heteroatoms. The summed E-state index contributed by atoms with van der Waals surface area (Å²) < 4.78 is 0. The van der Waals surface area contributed by atoms with Crippen LogP contribution in [0.15, 0.2) is 72.8 Å². The second-order valence-electron chi connectivity index (χ2n) is 6.50. The molecule has 4 aromatic carbocycles. The minimum atomic E-state index is 0.678. The molecule has 1 aromatic heterocycles. The van der Waals surface area contributed by atoms with Gasteiger partial charge in [-0.1, -0.05) is 78.4 Å². The highest BCUT2D eigenvalue weighted by atomic mass is 15.5. The molecule has 0 unspecified atom stereocenters. The van der Waals surface area contributed by atoms with Crippen molar-refractivity contribution in [2.24, 2.45) is 0 Å². The molecule has 0 atom stereocenters. The Balaban J connectivity index is 1.77. The van der Waals surface area contributed by atoms with Crippen molar-refractivity contribution in [3.05, 3.63) is 83.9 Å². The van der Waals surface area contributed by atoms with Gasteiger partial charge in [-0.05, 0) is 23.3 Å². The summed E-state index contributed by atoms with van der Waals surface area (Å²) in [5.74, 6) is 0. The lowest BCUT2D eigenvalue weighted by Gasteiger charge is -2.04. The molecule has 0 saturated heterocycles. The Bertz CT molecular complexity index is 1140. The van der Waals surface area contributed by atoms with Gasteiger partial charge in [-0.2, -0.15) is 15.0 Å².